The Balaban J connectivity index is 2.10. The first kappa shape index (κ1) is 48.0. The van der Waals surface area contributed by atoms with E-state index in [1.165, 1.54) is 0 Å². The summed E-state index contributed by atoms with van der Waals surface area (Å²) in [6.07, 6.45) is 0. The summed E-state index contributed by atoms with van der Waals surface area (Å²) in [6, 6.07) is 0.677. The summed E-state index contributed by atoms with van der Waals surface area (Å²) in [4.78, 5) is 88.8. The average molecular weight is 925 g/mol. The molecule has 5 aromatic carbocycles. The molecular formula is C41H32O25. The minimum Gasteiger partial charge on any atom is -0.504 e. The van der Waals surface area contributed by atoms with E-state index in [-0.39, 0.29) is 67.6 Å². The lowest BCUT2D eigenvalue weighted by Crippen LogP contribution is -2.85. The summed E-state index contributed by atoms with van der Waals surface area (Å²) in [5.41, 5.74) is -29.1. The number of aliphatic hydroxyl groups is 4. The Hall–Kier alpha value is -9.04. The first-order valence-electron chi connectivity index (χ1n) is 17.7. The van der Waals surface area contributed by atoms with Crippen LogP contribution >= 0.6 is 0 Å². The van der Waals surface area contributed by atoms with Crippen molar-refractivity contribution in [3.63, 3.8) is 0 Å². The summed E-state index contributed by atoms with van der Waals surface area (Å²) in [6.45, 7) is -0.0657. The largest absolute Gasteiger partial charge is 0.504 e. The van der Waals surface area contributed by atoms with Gasteiger partial charge >= 0.3 is 0 Å². The van der Waals surface area contributed by atoms with Crippen molar-refractivity contribution in [2.45, 2.75) is 29.3 Å². The minimum atomic E-state index is -5.70. The maximum absolute atomic E-state index is 15.2. The lowest BCUT2D eigenvalue weighted by atomic mass is 9.54. The predicted molar refractivity (Wildman–Crippen MR) is 209 cm³/mol. The van der Waals surface area contributed by atoms with Gasteiger partial charge in [-0.2, -0.15) is 0 Å². The van der Waals surface area contributed by atoms with E-state index in [4.69, 9.17) is 0 Å². The lowest BCUT2D eigenvalue weighted by Gasteiger charge is -2.52. The normalized spacial score (nSPS) is 15.0. The highest BCUT2D eigenvalue weighted by Crippen LogP contribution is 2.51. The van der Waals surface area contributed by atoms with Crippen molar-refractivity contribution in [3.05, 3.63) is 88.5 Å². The molecule has 5 rings (SSSR count). The van der Waals surface area contributed by atoms with Gasteiger partial charge in [0.15, 0.2) is 97.6 Å². The van der Waals surface area contributed by atoms with E-state index in [0.29, 0.717) is 0 Å². The molecule has 0 fully saturated rings. The molecule has 0 unspecified atom stereocenters. The molecule has 25 nitrogen and oxygen atoms in total. The zero-order valence-electron chi connectivity index (χ0n) is 32.7. The third kappa shape index (κ3) is 6.93. The van der Waals surface area contributed by atoms with E-state index < -0.39 is 171 Å². The number of carbonyl (C=O) groups is 6. The van der Waals surface area contributed by atoms with Crippen molar-refractivity contribution in [1.29, 1.82) is 0 Å². The fourth-order valence-corrected chi connectivity index (χ4v) is 6.80. The third-order valence-electron chi connectivity index (χ3n) is 10.4. The molecule has 25 heteroatoms. The van der Waals surface area contributed by atoms with E-state index >= 15 is 9.59 Å². The number of carbonyl (C=O) groups excluding carboxylic acids is 6. The van der Waals surface area contributed by atoms with E-state index in [1.54, 1.807) is 0 Å². The molecule has 0 radical (unpaired) electrons. The molecule has 19 N–H and O–H groups in total. The van der Waals surface area contributed by atoms with Crippen LogP contribution in [0.1, 0.15) is 58.7 Å². The molecule has 0 aliphatic heterocycles. The molecule has 0 aliphatic rings. The van der Waals surface area contributed by atoms with E-state index in [2.05, 4.69) is 0 Å². The van der Waals surface area contributed by atoms with Crippen LogP contribution in [-0.2, 0) is 4.79 Å². The monoisotopic (exact) mass is 924 g/mol. The molecule has 66 heavy (non-hydrogen) atoms. The average Bonchev–Trinajstić information content (AvgIpc) is 3.26. The molecular weight excluding hydrogens is 892 g/mol. The zero-order chi connectivity index (χ0) is 50.1. The maximum Gasteiger partial charge on any atom is 0.246 e. The Morgan fingerprint density at radius 1 is 0.318 bits per heavy atom. The van der Waals surface area contributed by atoms with Crippen LogP contribution < -0.4 is 0 Å². The van der Waals surface area contributed by atoms with Crippen LogP contribution in [0, 0.1) is 0 Å². The number of phenolic OH excluding ortho intramolecular Hbond substituents is 15. The van der Waals surface area contributed by atoms with Crippen molar-refractivity contribution in [3.8, 4) is 86.2 Å². The van der Waals surface area contributed by atoms with Crippen LogP contribution in [0.5, 0.6) is 86.2 Å². The van der Waals surface area contributed by atoms with Gasteiger partial charge in [0.05, 0.1) is 0 Å². The number of Topliss-reactive ketones (excluding diaryl/α,β-unsaturated/α-hetero) is 6. The molecule has 0 saturated heterocycles. The number of benzene rings is 5. The first-order chi connectivity index (χ1) is 30.3. The first-order valence-corrected chi connectivity index (χ1v) is 17.7. The second kappa shape index (κ2) is 15.9. The van der Waals surface area contributed by atoms with Gasteiger partial charge in [0.2, 0.25) is 45.7 Å². The Kier molecular flexibility index (Phi) is 11.6. The van der Waals surface area contributed by atoms with E-state index in [9.17, 15) is 116 Å². The lowest BCUT2D eigenvalue weighted by molar-refractivity contribution is -0.221. The molecule has 5 aromatic rings. The van der Waals surface area contributed by atoms with Gasteiger partial charge in [-0.05, 0) is 67.6 Å². The molecule has 0 amide bonds. The summed E-state index contributed by atoms with van der Waals surface area (Å²) in [5.74, 6) is -38.8. The third-order valence-corrected chi connectivity index (χ3v) is 10.4. The van der Waals surface area contributed by atoms with Gasteiger partial charge in [-0.15, -0.1) is 0 Å². The van der Waals surface area contributed by atoms with Gasteiger partial charge in [0, 0.05) is 27.8 Å². The maximum atomic E-state index is 15.2. The molecule has 0 saturated carbocycles. The fourth-order valence-electron chi connectivity index (χ4n) is 6.80. The van der Waals surface area contributed by atoms with Crippen molar-refractivity contribution in [1.82, 2.24) is 0 Å². The smallest absolute Gasteiger partial charge is 0.246 e. The van der Waals surface area contributed by atoms with Crippen molar-refractivity contribution < 1.29 is 126 Å². The van der Waals surface area contributed by atoms with Gasteiger partial charge in [0.1, 0.15) is 0 Å². The Labute approximate surface area is 364 Å². The van der Waals surface area contributed by atoms with Crippen molar-refractivity contribution in [2.24, 2.45) is 0 Å². The summed E-state index contributed by atoms with van der Waals surface area (Å²) < 4.78 is 0. The highest BCUT2D eigenvalue weighted by molar-refractivity contribution is 6.52. The Morgan fingerprint density at radius 3 is 0.803 bits per heavy atom. The Bertz CT molecular complexity index is 2860. The molecule has 0 aromatic heterocycles. The van der Waals surface area contributed by atoms with Gasteiger partial charge in [-0.3, -0.25) is 28.8 Å². The molecule has 4 atom stereocenters. The standard InChI is InChI=1S/C41H32O25/c1-38(63,33(58)13-4-19(44)29(54)20(45)5-13)40(65,35(60)15-8-23(48)31(56)24(49)9-15)41(66,36(61)16-10-25(50)32(57)26(51)11-16)39(64,34(59)14-6-21(46)30(55)22(47)7-14)37(62)27(52)12-2-17(42)28(53)18(43)3-12/h2-11,42-51,53-57,63-66H,1H3/t38-,39+,40+,41+/m1/s1. The summed E-state index contributed by atoms with van der Waals surface area (Å²) >= 11 is 0. The number of rotatable bonds is 14. The van der Waals surface area contributed by atoms with E-state index in [1.807, 2.05) is 0 Å². The number of ketones is 6. The van der Waals surface area contributed by atoms with Gasteiger partial charge in [-0.25, -0.2) is 0 Å². The van der Waals surface area contributed by atoms with Crippen LogP contribution in [0.15, 0.2) is 60.7 Å². The van der Waals surface area contributed by atoms with Crippen LogP contribution in [-0.4, -0.2) is 154 Å². The molecule has 346 valence electrons. The number of hydrogen-bond donors (Lipinski definition) is 19. The van der Waals surface area contributed by atoms with Crippen LogP contribution in [0.3, 0.4) is 0 Å². The number of aromatic hydroxyl groups is 15. The van der Waals surface area contributed by atoms with Crippen LogP contribution in [0.25, 0.3) is 0 Å². The fraction of sp³-hybridized carbons (Fsp3) is 0.122. The highest BCUT2D eigenvalue weighted by atomic mass is 16.4. The minimum absolute atomic E-state index is 0.0104. The van der Waals surface area contributed by atoms with Crippen LogP contribution in [0.4, 0.5) is 0 Å². The van der Waals surface area contributed by atoms with E-state index in [0.717, 1.165) is 0 Å². The van der Waals surface area contributed by atoms with Gasteiger partial charge in [-0.1, -0.05) is 0 Å². The topological polar surface area (TPSA) is 487 Å². The summed E-state index contributed by atoms with van der Waals surface area (Å²) in [7, 11) is 0. The number of hydrogen-bond acceptors (Lipinski definition) is 25. The molecule has 0 bridgehead atoms. The molecule has 0 heterocycles. The molecule has 0 aliphatic carbocycles. The predicted octanol–water partition coefficient (Wildman–Crippen LogP) is -0.502. The second-order valence-corrected chi connectivity index (χ2v) is 14.5. The van der Waals surface area contributed by atoms with Crippen molar-refractivity contribution >= 4 is 34.7 Å². The van der Waals surface area contributed by atoms with Gasteiger partial charge < -0.3 is 97.0 Å². The molecule has 0 spiro atoms. The number of phenols is 15. The zero-order valence-corrected chi connectivity index (χ0v) is 32.7. The quantitative estimate of drug-likeness (QED) is 0.0289. The van der Waals surface area contributed by atoms with Crippen molar-refractivity contribution in [2.75, 3.05) is 0 Å². The Morgan fingerprint density at radius 2 is 0.530 bits per heavy atom. The highest BCUT2D eigenvalue weighted by Gasteiger charge is 2.81. The SMILES string of the molecule is C[C@@](O)(C(=O)c1cc(O)c(O)c(O)c1)[C@@](O)(C(=O)c1cc(O)c(O)c(O)c1)[C@](O)(C(=O)c1cc(O)c(O)c(O)c1)[C@@](O)(C(=O)C(=O)c1cc(O)c(O)c(O)c1)C(=O)c1cc(O)c(O)c(O)c1. The van der Waals surface area contributed by atoms with Crippen LogP contribution in [0.2, 0.25) is 0 Å². The summed E-state index contributed by atoms with van der Waals surface area (Å²) in [5, 5.41) is 205. The second-order valence-electron chi connectivity index (χ2n) is 14.5. The van der Waals surface area contributed by atoms with Gasteiger partial charge in [0.25, 0.3) is 0 Å².